The smallest absolute Gasteiger partial charge is 0.191 e. The van der Waals surface area contributed by atoms with E-state index in [1.165, 1.54) is 11.1 Å². The molecule has 0 amide bonds. The van der Waals surface area contributed by atoms with Crippen LogP contribution in [0.1, 0.15) is 43.1 Å². The second-order valence-electron chi connectivity index (χ2n) is 8.07. The lowest BCUT2D eigenvalue weighted by atomic mass is 10.1. The first kappa shape index (κ1) is 26.6. The second-order valence-corrected chi connectivity index (χ2v) is 8.07. The van der Waals surface area contributed by atoms with E-state index in [0.29, 0.717) is 25.6 Å². The molecule has 1 aliphatic rings. The van der Waals surface area contributed by atoms with Gasteiger partial charge in [0, 0.05) is 32.7 Å². The fourth-order valence-electron chi connectivity index (χ4n) is 3.80. The molecule has 0 saturated carbocycles. The van der Waals surface area contributed by atoms with Gasteiger partial charge in [-0.1, -0.05) is 54.6 Å². The molecular weight excluding hydrogens is 515 g/mol. The summed E-state index contributed by atoms with van der Waals surface area (Å²) in [5, 5.41) is 17.0. The highest BCUT2D eigenvalue weighted by atomic mass is 127. The lowest BCUT2D eigenvalue weighted by molar-refractivity contribution is -0.0212. The average Bonchev–Trinajstić information content (AvgIpc) is 2.78. The zero-order chi connectivity index (χ0) is 21.9. The van der Waals surface area contributed by atoms with Crippen LogP contribution in [0.25, 0.3) is 0 Å². The minimum absolute atomic E-state index is 0. The maximum absolute atomic E-state index is 10.3. The van der Waals surface area contributed by atoms with Gasteiger partial charge in [0.1, 0.15) is 0 Å². The van der Waals surface area contributed by atoms with Crippen LogP contribution in [0.4, 0.5) is 0 Å². The number of nitrogens with zero attached hydrogens (tertiary/aromatic N) is 2. The molecule has 3 N–H and O–H groups in total. The number of ether oxygens (including phenoxy) is 1. The van der Waals surface area contributed by atoms with Gasteiger partial charge in [-0.3, -0.25) is 4.90 Å². The number of aliphatic hydroxyl groups excluding tert-OH is 1. The molecule has 32 heavy (non-hydrogen) atoms. The Labute approximate surface area is 209 Å². The quantitative estimate of drug-likeness (QED) is 0.252. The lowest BCUT2D eigenvalue weighted by Gasteiger charge is -2.31. The van der Waals surface area contributed by atoms with Crippen molar-refractivity contribution in [3.63, 3.8) is 0 Å². The molecule has 1 fully saturated rings. The highest BCUT2D eigenvalue weighted by Crippen LogP contribution is 2.15. The predicted molar refractivity (Wildman–Crippen MR) is 141 cm³/mol. The summed E-state index contributed by atoms with van der Waals surface area (Å²) in [5.41, 5.74) is 3.45. The zero-order valence-corrected chi connectivity index (χ0v) is 21.5. The summed E-state index contributed by atoms with van der Waals surface area (Å²) in [4.78, 5) is 7.18. The van der Waals surface area contributed by atoms with Crippen molar-refractivity contribution in [2.24, 2.45) is 4.99 Å². The number of guanidine groups is 1. The minimum Gasteiger partial charge on any atom is -0.388 e. The first-order chi connectivity index (χ1) is 15.1. The molecule has 1 saturated heterocycles. The van der Waals surface area contributed by atoms with Crippen LogP contribution in [0, 0.1) is 0 Å². The van der Waals surface area contributed by atoms with Crippen LogP contribution in [0.3, 0.4) is 0 Å². The Morgan fingerprint density at radius 2 is 1.94 bits per heavy atom. The maximum atomic E-state index is 10.3. The standard InChI is InChI=1S/C25H36N4O2.HI/c1-3-26-25(27-13-12-24(30)23-10-5-4-6-11-23)28-17-21-8-7-9-22(16-21)19-29-14-15-31-20(2)18-29;/h4-11,16,20,24,30H,3,12-15,17-19H2,1-2H3,(H2,26,27,28);1H. The number of rotatable bonds is 9. The fraction of sp³-hybridized carbons (Fsp3) is 0.480. The van der Waals surface area contributed by atoms with E-state index in [4.69, 9.17) is 9.73 Å². The molecule has 0 aliphatic carbocycles. The van der Waals surface area contributed by atoms with Crippen molar-refractivity contribution in [1.29, 1.82) is 0 Å². The van der Waals surface area contributed by atoms with Gasteiger partial charge in [0.2, 0.25) is 0 Å². The number of aliphatic imine (C=N–C) groups is 1. The van der Waals surface area contributed by atoms with E-state index >= 15 is 0 Å². The molecule has 1 aliphatic heterocycles. The third-order valence-electron chi connectivity index (χ3n) is 5.38. The van der Waals surface area contributed by atoms with E-state index in [1.54, 1.807) is 0 Å². The van der Waals surface area contributed by atoms with Gasteiger partial charge >= 0.3 is 0 Å². The maximum Gasteiger partial charge on any atom is 0.191 e. The largest absolute Gasteiger partial charge is 0.388 e. The zero-order valence-electron chi connectivity index (χ0n) is 19.2. The molecule has 1 heterocycles. The molecule has 2 aromatic carbocycles. The van der Waals surface area contributed by atoms with Crippen molar-refractivity contribution in [2.45, 2.75) is 45.6 Å². The molecule has 2 aromatic rings. The SMILES string of the molecule is CCNC(=NCc1cccc(CN2CCOC(C)C2)c1)NCCC(O)c1ccccc1.I. The number of hydrogen-bond donors (Lipinski definition) is 3. The lowest BCUT2D eigenvalue weighted by Crippen LogP contribution is -2.40. The molecule has 0 radical (unpaired) electrons. The second kappa shape index (κ2) is 14.5. The number of hydrogen-bond acceptors (Lipinski definition) is 4. The first-order valence-electron chi connectivity index (χ1n) is 11.3. The van der Waals surface area contributed by atoms with Crippen LogP contribution in [0.2, 0.25) is 0 Å². The van der Waals surface area contributed by atoms with Crippen molar-refractivity contribution >= 4 is 29.9 Å². The third kappa shape index (κ3) is 9.05. The molecular formula is C25H37IN4O2. The molecule has 0 aromatic heterocycles. The summed E-state index contributed by atoms with van der Waals surface area (Å²) in [6, 6.07) is 18.4. The van der Waals surface area contributed by atoms with Crippen molar-refractivity contribution in [1.82, 2.24) is 15.5 Å². The van der Waals surface area contributed by atoms with Gasteiger partial charge in [-0.2, -0.15) is 0 Å². The average molecular weight is 553 g/mol. The summed E-state index contributed by atoms with van der Waals surface area (Å²) in [5.74, 6) is 0.773. The van der Waals surface area contributed by atoms with E-state index in [9.17, 15) is 5.11 Å². The highest BCUT2D eigenvalue weighted by Gasteiger charge is 2.16. The van der Waals surface area contributed by atoms with Gasteiger partial charge in [-0.05, 0) is 37.0 Å². The Morgan fingerprint density at radius 3 is 2.69 bits per heavy atom. The molecule has 3 rings (SSSR count). The van der Waals surface area contributed by atoms with E-state index in [0.717, 1.165) is 44.3 Å². The van der Waals surface area contributed by atoms with Crippen molar-refractivity contribution in [3.8, 4) is 0 Å². The van der Waals surface area contributed by atoms with Crippen molar-refractivity contribution in [2.75, 3.05) is 32.8 Å². The molecule has 2 unspecified atom stereocenters. The molecule has 0 bridgehead atoms. The third-order valence-corrected chi connectivity index (χ3v) is 5.38. The Hall–Kier alpha value is -1.68. The van der Waals surface area contributed by atoms with Gasteiger partial charge in [0.15, 0.2) is 5.96 Å². The van der Waals surface area contributed by atoms with Crippen molar-refractivity contribution in [3.05, 3.63) is 71.3 Å². The predicted octanol–water partition coefficient (Wildman–Crippen LogP) is 3.70. The number of nitrogens with one attached hydrogen (secondary N) is 2. The monoisotopic (exact) mass is 552 g/mol. The fourth-order valence-corrected chi connectivity index (χ4v) is 3.80. The molecule has 2 atom stereocenters. The molecule has 6 nitrogen and oxygen atoms in total. The normalized spacial score (nSPS) is 18.0. The van der Waals surface area contributed by atoms with E-state index in [1.807, 2.05) is 30.3 Å². The molecule has 0 spiro atoms. The number of aliphatic hydroxyl groups is 1. The van der Waals surface area contributed by atoms with E-state index in [2.05, 4.69) is 53.6 Å². The van der Waals surface area contributed by atoms with E-state index < -0.39 is 6.10 Å². The summed E-state index contributed by atoms with van der Waals surface area (Å²) >= 11 is 0. The van der Waals surface area contributed by atoms with Crippen LogP contribution < -0.4 is 10.6 Å². The molecule has 176 valence electrons. The topological polar surface area (TPSA) is 69.1 Å². The Bertz CT molecular complexity index is 819. The summed E-state index contributed by atoms with van der Waals surface area (Å²) in [6.07, 6.45) is 0.453. The van der Waals surface area contributed by atoms with E-state index in [-0.39, 0.29) is 24.0 Å². The van der Waals surface area contributed by atoms with Gasteiger partial charge in [-0.25, -0.2) is 4.99 Å². The van der Waals surface area contributed by atoms with Crippen LogP contribution in [0.15, 0.2) is 59.6 Å². The summed E-state index contributed by atoms with van der Waals surface area (Å²) in [6.45, 7) is 9.96. The van der Waals surface area contributed by atoms with Crippen LogP contribution in [0.5, 0.6) is 0 Å². The van der Waals surface area contributed by atoms with Gasteiger partial charge in [0.05, 0.1) is 25.4 Å². The van der Waals surface area contributed by atoms with Gasteiger partial charge in [-0.15, -0.1) is 24.0 Å². The minimum atomic E-state index is -0.476. The van der Waals surface area contributed by atoms with Crippen LogP contribution in [-0.2, 0) is 17.8 Å². The summed E-state index contributed by atoms with van der Waals surface area (Å²) < 4.78 is 5.64. The first-order valence-corrected chi connectivity index (χ1v) is 11.3. The van der Waals surface area contributed by atoms with Crippen molar-refractivity contribution < 1.29 is 9.84 Å². The van der Waals surface area contributed by atoms with Crippen LogP contribution >= 0.6 is 24.0 Å². The Morgan fingerprint density at radius 1 is 1.16 bits per heavy atom. The number of morpholine rings is 1. The van der Waals surface area contributed by atoms with Crippen LogP contribution in [-0.4, -0.2) is 54.9 Å². The van der Waals surface area contributed by atoms with Gasteiger partial charge in [0.25, 0.3) is 0 Å². The number of halogens is 1. The molecule has 7 heteroatoms. The highest BCUT2D eigenvalue weighted by molar-refractivity contribution is 14.0. The van der Waals surface area contributed by atoms with Gasteiger partial charge < -0.3 is 20.5 Å². The number of benzene rings is 2. The Balaban J connectivity index is 0.00000363. The summed E-state index contributed by atoms with van der Waals surface area (Å²) in [7, 11) is 0. The Kier molecular flexibility index (Phi) is 12.0.